The Hall–Kier alpha value is -2.91. The van der Waals surface area contributed by atoms with Crippen molar-refractivity contribution < 1.29 is 23.0 Å². The van der Waals surface area contributed by atoms with Crippen molar-refractivity contribution in [2.75, 3.05) is 0 Å². The van der Waals surface area contributed by atoms with Gasteiger partial charge in [-0.05, 0) is 13.0 Å². The summed E-state index contributed by atoms with van der Waals surface area (Å²) in [5.41, 5.74) is -1.44. The molecule has 1 aromatic carbocycles. The normalized spacial score (nSPS) is 10.4. The number of rotatable bonds is 4. The van der Waals surface area contributed by atoms with E-state index in [1.165, 1.54) is 0 Å². The zero-order chi connectivity index (χ0) is 15.6. The van der Waals surface area contributed by atoms with E-state index < -0.39 is 33.7 Å². The van der Waals surface area contributed by atoms with E-state index >= 15 is 0 Å². The molecule has 1 amide bonds. The summed E-state index contributed by atoms with van der Waals surface area (Å²) < 4.78 is 30.9. The summed E-state index contributed by atoms with van der Waals surface area (Å²) in [5.74, 6) is -3.31. The van der Waals surface area contributed by atoms with Crippen LogP contribution in [0.25, 0.3) is 0 Å². The van der Waals surface area contributed by atoms with E-state index in [9.17, 15) is 23.7 Å². The lowest BCUT2D eigenvalue weighted by atomic mass is 10.1. The first-order valence-corrected chi connectivity index (χ1v) is 5.59. The van der Waals surface area contributed by atoms with Crippen LogP contribution < -0.4 is 5.32 Å². The number of hydrogen-bond acceptors (Lipinski definition) is 6. The highest BCUT2D eigenvalue weighted by molar-refractivity contribution is 5.98. The smallest absolute Gasteiger partial charge is 0.285 e. The number of amides is 1. The number of hydrogen-bond donors (Lipinski definition) is 1. The maximum atomic E-state index is 13.1. The first kappa shape index (κ1) is 14.5. The van der Waals surface area contributed by atoms with E-state index in [0.717, 1.165) is 0 Å². The SMILES string of the molecule is Cc1noc(CNC(=O)c2cc(F)c(F)cc2[N+](=O)[O-])n1. The third kappa shape index (κ3) is 3.16. The van der Waals surface area contributed by atoms with Gasteiger partial charge in [-0.3, -0.25) is 14.9 Å². The van der Waals surface area contributed by atoms with E-state index in [4.69, 9.17) is 4.52 Å². The number of nitro benzene ring substituents is 1. The van der Waals surface area contributed by atoms with E-state index in [-0.39, 0.29) is 12.4 Å². The maximum Gasteiger partial charge on any atom is 0.285 e. The van der Waals surface area contributed by atoms with E-state index in [2.05, 4.69) is 15.5 Å². The topological polar surface area (TPSA) is 111 Å². The predicted molar refractivity (Wildman–Crippen MR) is 63.2 cm³/mol. The number of nitro groups is 1. The molecule has 110 valence electrons. The second kappa shape index (κ2) is 5.61. The van der Waals surface area contributed by atoms with E-state index in [0.29, 0.717) is 18.0 Å². The zero-order valence-corrected chi connectivity index (χ0v) is 10.6. The van der Waals surface area contributed by atoms with Crippen LogP contribution in [0.1, 0.15) is 22.1 Å². The zero-order valence-electron chi connectivity index (χ0n) is 10.6. The van der Waals surface area contributed by atoms with Crippen molar-refractivity contribution >= 4 is 11.6 Å². The summed E-state index contributed by atoms with van der Waals surface area (Å²) in [6, 6.07) is 0.808. The third-order valence-electron chi connectivity index (χ3n) is 2.45. The number of halogens is 2. The Morgan fingerprint density at radius 2 is 2.10 bits per heavy atom. The number of aromatic nitrogens is 2. The molecular weight excluding hydrogens is 290 g/mol. The first-order chi connectivity index (χ1) is 9.88. The van der Waals surface area contributed by atoms with Crippen LogP contribution in [-0.4, -0.2) is 21.0 Å². The van der Waals surface area contributed by atoms with Gasteiger partial charge in [0.15, 0.2) is 17.5 Å². The van der Waals surface area contributed by atoms with Crippen molar-refractivity contribution in [3.05, 3.63) is 51.2 Å². The summed E-state index contributed by atoms with van der Waals surface area (Å²) in [7, 11) is 0. The van der Waals surface area contributed by atoms with Gasteiger partial charge in [0.25, 0.3) is 11.6 Å². The molecule has 1 heterocycles. The molecule has 2 rings (SSSR count). The van der Waals surface area contributed by atoms with Gasteiger partial charge in [-0.15, -0.1) is 0 Å². The average Bonchev–Trinajstić information content (AvgIpc) is 2.84. The number of nitrogens with zero attached hydrogens (tertiary/aromatic N) is 3. The highest BCUT2D eigenvalue weighted by Crippen LogP contribution is 2.22. The fraction of sp³-hybridized carbons (Fsp3) is 0.182. The van der Waals surface area contributed by atoms with Crippen LogP contribution in [0.4, 0.5) is 14.5 Å². The Morgan fingerprint density at radius 1 is 1.43 bits per heavy atom. The first-order valence-electron chi connectivity index (χ1n) is 5.59. The van der Waals surface area contributed by atoms with Crippen LogP contribution in [0.5, 0.6) is 0 Å². The Morgan fingerprint density at radius 3 is 2.67 bits per heavy atom. The van der Waals surface area contributed by atoms with Gasteiger partial charge in [0.05, 0.1) is 17.5 Å². The molecule has 0 aliphatic rings. The minimum Gasteiger partial charge on any atom is -0.343 e. The van der Waals surface area contributed by atoms with Crippen LogP contribution in [0.2, 0.25) is 0 Å². The number of carbonyl (C=O) groups is 1. The summed E-state index contributed by atoms with van der Waals surface area (Å²) in [6.45, 7) is 1.37. The summed E-state index contributed by atoms with van der Waals surface area (Å²) in [4.78, 5) is 25.4. The monoisotopic (exact) mass is 298 g/mol. The van der Waals surface area contributed by atoms with Crippen molar-refractivity contribution in [2.24, 2.45) is 0 Å². The lowest BCUT2D eigenvalue weighted by molar-refractivity contribution is -0.385. The van der Waals surface area contributed by atoms with Gasteiger partial charge in [0.1, 0.15) is 5.56 Å². The summed E-state index contributed by atoms with van der Waals surface area (Å²) in [6.07, 6.45) is 0. The van der Waals surface area contributed by atoms with Crippen molar-refractivity contribution in [1.82, 2.24) is 15.5 Å². The van der Waals surface area contributed by atoms with Gasteiger partial charge >= 0.3 is 0 Å². The van der Waals surface area contributed by atoms with Crippen molar-refractivity contribution in [3.63, 3.8) is 0 Å². The summed E-state index contributed by atoms with van der Waals surface area (Å²) in [5, 5.41) is 16.5. The fourth-order valence-corrected chi connectivity index (χ4v) is 1.53. The van der Waals surface area contributed by atoms with E-state index in [1.807, 2.05) is 0 Å². The molecule has 0 aliphatic heterocycles. The Balaban J connectivity index is 2.22. The van der Waals surface area contributed by atoms with Crippen LogP contribution in [0, 0.1) is 28.7 Å². The minimum atomic E-state index is -1.41. The maximum absolute atomic E-state index is 13.1. The largest absolute Gasteiger partial charge is 0.343 e. The van der Waals surface area contributed by atoms with Crippen LogP contribution >= 0.6 is 0 Å². The molecule has 0 spiro atoms. The molecular formula is C11H8F2N4O4. The molecule has 1 N–H and O–H groups in total. The lowest BCUT2D eigenvalue weighted by Crippen LogP contribution is -2.24. The molecule has 0 saturated carbocycles. The molecule has 2 aromatic rings. The number of aryl methyl sites for hydroxylation is 1. The molecule has 0 unspecified atom stereocenters. The highest BCUT2D eigenvalue weighted by Gasteiger charge is 2.24. The second-order valence-electron chi connectivity index (χ2n) is 3.96. The molecule has 0 saturated heterocycles. The van der Waals surface area contributed by atoms with Gasteiger partial charge < -0.3 is 9.84 Å². The van der Waals surface area contributed by atoms with E-state index in [1.54, 1.807) is 6.92 Å². The fourth-order valence-electron chi connectivity index (χ4n) is 1.53. The van der Waals surface area contributed by atoms with Crippen molar-refractivity contribution in [2.45, 2.75) is 13.5 Å². The molecule has 0 radical (unpaired) electrons. The van der Waals surface area contributed by atoms with Crippen LogP contribution in [-0.2, 0) is 6.54 Å². The highest BCUT2D eigenvalue weighted by atomic mass is 19.2. The standard InChI is InChI=1S/C11H8F2N4O4/c1-5-15-10(21-16-5)4-14-11(18)6-2-7(12)8(13)3-9(6)17(19)20/h2-3H,4H2,1H3,(H,14,18). The molecule has 8 nitrogen and oxygen atoms in total. The van der Waals surface area contributed by atoms with Crippen molar-refractivity contribution in [3.8, 4) is 0 Å². The number of benzene rings is 1. The quantitative estimate of drug-likeness (QED) is 0.676. The molecule has 0 fully saturated rings. The van der Waals surface area contributed by atoms with Gasteiger partial charge in [0, 0.05) is 0 Å². The molecule has 0 atom stereocenters. The van der Waals surface area contributed by atoms with Crippen LogP contribution in [0.3, 0.4) is 0 Å². The second-order valence-corrected chi connectivity index (χ2v) is 3.96. The Kier molecular flexibility index (Phi) is 3.87. The molecule has 0 aliphatic carbocycles. The minimum absolute atomic E-state index is 0.0751. The molecule has 0 bridgehead atoms. The van der Waals surface area contributed by atoms with Gasteiger partial charge in [-0.2, -0.15) is 4.98 Å². The summed E-state index contributed by atoms with van der Waals surface area (Å²) >= 11 is 0. The molecule has 21 heavy (non-hydrogen) atoms. The number of nitrogens with one attached hydrogen (secondary N) is 1. The third-order valence-corrected chi connectivity index (χ3v) is 2.45. The average molecular weight is 298 g/mol. The van der Waals surface area contributed by atoms with Gasteiger partial charge in [-0.1, -0.05) is 5.16 Å². The Bertz CT molecular complexity index is 716. The van der Waals surface area contributed by atoms with Crippen molar-refractivity contribution in [1.29, 1.82) is 0 Å². The molecule has 1 aromatic heterocycles. The predicted octanol–water partition coefficient (Wildman–Crippen LogP) is 1.49. The lowest BCUT2D eigenvalue weighted by Gasteiger charge is -2.04. The molecule has 10 heteroatoms. The van der Waals surface area contributed by atoms with Gasteiger partial charge in [0.2, 0.25) is 5.89 Å². The number of carbonyl (C=O) groups excluding carboxylic acids is 1. The van der Waals surface area contributed by atoms with Crippen LogP contribution in [0.15, 0.2) is 16.7 Å². The van der Waals surface area contributed by atoms with Gasteiger partial charge in [-0.25, -0.2) is 8.78 Å². The Labute approximate surface area is 115 Å².